The molecule has 1 amide bonds. The van der Waals surface area contributed by atoms with Gasteiger partial charge in [0.15, 0.2) is 0 Å². The summed E-state index contributed by atoms with van der Waals surface area (Å²) in [7, 11) is 0. The summed E-state index contributed by atoms with van der Waals surface area (Å²) < 4.78 is 0. The molecule has 0 aromatic heterocycles. The van der Waals surface area contributed by atoms with Crippen molar-refractivity contribution in [2.75, 3.05) is 0 Å². The van der Waals surface area contributed by atoms with E-state index in [0.29, 0.717) is 16.3 Å². The lowest BCUT2D eigenvalue weighted by atomic mass is 10.0. The zero-order valence-corrected chi connectivity index (χ0v) is 11.4. The maximum atomic E-state index is 12.2. The molecule has 1 unspecified atom stereocenters. The molecule has 0 spiro atoms. The number of rotatable bonds is 2. The van der Waals surface area contributed by atoms with Crippen LogP contribution in [0.4, 0.5) is 0 Å². The summed E-state index contributed by atoms with van der Waals surface area (Å²) in [5.41, 5.74) is 9.03. The maximum Gasteiger partial charge on any atom is 0.254 e. The summed E-state index contributed by atoms with van der Waals surface area (Å²) in [6, 6.07) is 16.5. The van der Waals surface area contributed by atoms with Crippen LogP contribution in [0.5, 0.6) is 0 Å². The summed E-state index contributed by atoms with van der Waals surface area (Å²) >= 11 is 5.88. The predicted molar refractivity (Wildman–Crippen MR) is 79.9 cm³/mol. The molecule has 0 aliphatic carbocycles. The first-order valence-corrected chi connectivity index (χ1v) is 6.66. The second-order valence-corrected chi connectivity index (χ2v) is 5.09. The minimum absolute atomic E-state index is 0.145. The Morgan fingerprint density at radius 1 is 1.00 bits per heavy atom. The lowest BCUT2D eigenvalue weighted by Crippen LogP contribution is -2.23. The van der Waals surface area contributed by atoms with Gasteiger partial charge >= 0.3 is 0 Å². The third-order valence-corrected chi connectivity index (χ3v) is 3.62. The number of nitrogens with two attached hydrogens (primary N) is 1. The lowest BCUT2D eigenvalue weighted by molar-refractivity contribution is -0.115. The molecule has 2 aromatic rings. The number of carbonyl (C=O) groups is 1. The van der Waals surface area contributed by atoms with E-state index < -0.39 is 0 Å². The van der Waals surface area contributed by atoms with E-state index in [9.17, 15) is 4.79 Å². The SMILES string of the molecule is NC1=C(c2ccccc2)C(=O)NC1c1ccc(Cl)cc1. The minimum atomic E-state index is -0.296. The average molecular weight is 285 g/mol. The van der Waals surface area contributed by atoms with Gasteiger partial charge in [0.05, 0.1) is 11.6 Å². The van der Waals surface area contributed by atoms with Crippen molar-refractivity contribution in [2.45, 2.75) is 6.04 Å². The monoisotopic (exact) mass is 284 g/mol. The highest BCUT2D eigenvalue weighted by molar-refractivity contribution is 6.30. The van der Waals surface area contributed by atoms with Crippen molar-refractivity contribution in [1.29, 1.82) is 0 Å². The fourth-order valence-electron chi connectivity index (χ4n) is 2.38. The third-order valence-electron chi connectivity index (χ3n) is 3.37. The minimum Gasteiger partial charge on any atom is -0.399 e. The van der Waals surface area contributed by atoms with E-state index in [4.69, 9.17) is 17.3 Å². The fourth-order valence-corrected chi connectivity index (χ4v) is 2.50. The molecule has 3 N–H and O–H groups in total. The number of amides is 1. The highest BCUT2D eigenvalue weighted by Crippen LogP contribution is 2.32. The number of nitrogens with one attached hydrogen (secondary N) is 1. The molecule has 20 heavy (non-hydrogen) atoms. The lowest BCUT2D eigenvalue weighted by Gasteiger charge is -2.12. The highest BCUT2D eigenvalue weighted by atomic mass is 35.5. The molecule has 3 rings (SSSR count). The Labute approximate surface area is 122 Å². The van der Waals surface area contributed by atoms with Crippen LogP contribution in [-0.2, 0) is 4.79 Å². The van der Waals surface area contributed by atoms with E-state index in [1.54, 1.807) is 12.1 Å². The van der Waals surface area contributed by atoms with Gasteiger partial charge in [0, 0.05) is 10.7 Å². The Morgan fingerprint density at radius 3 is 2.30 bits per heavy atom. The molecule has 3 nitrogen and oxygen atoms in total. The van der Waals surface area contributed by atoms with Crippen LogP contribution in [-0.4, -0.2) is 5.91 Å². The third kappa shape index (κ3) is 2.17. The second kappa shape index (κ2) is 5.02. The molecule has 0 saturated carbocycles. The quantitative estimate of drug-likeness (QED) is 0.891. The molecule has 0 fully saturated rings. The Kier molecular flexibility index (Phi) is 3.20. The Morgan fingerprint density at radius 2 is 1.65 bits per heavy atom. The van der Waals surface area contributed by atoms with E-state index in [-0.39, 0.29) is 11.9 Å². The molecule has 0 bridgehead atoms. The first-order valence-electron chi connectivity index (χ1n) is 6.28. The molecular weight excluding hydrogens is 272 g/mol. The molecule has 1 aliphatic heterocycles. The number of hydrogen-bond acceptors (Lipinski definition) is 2. The van der Waals surface area contributed by atoms with Gasteiger partial charge in [-0.1, -0.05) is 54.1 Å². The molecule has 1 heterocycles. The van der Waals surface area contributed by atoms with E-state index in [0.717, 1.165) is 11.1 Å². The highest BCUT2D eigenvalue weighted by Gasteiger charge is 2.31. The van der Waals surface area contributed by atoms with Crippen LogP contribution in [0.1, 0.15) is 17.2 Å². The van der Waals surface area contributed by atoms with Gasteiger partial charge in [-0.3, -0.25) is 4.79 Å². The van der Waals surface area contributed by atoms with Gasteiger partial charge in [-0.2, -0.15) is 0 Å². The molecule has 4 heteroatoms. The number of carbonyl (C=O) groups excluding carboxylic acids is 1. The normalized spacial score (nSPS) is 18.2. The second-order valence-electron chi connectivity index (χ2n) is 4.65. The van der Waals surface area contributed by atoms with Crippen molar-refractivity contribution in [3.8, 4) is 0 Å². The average Bonchev–Trinajstić information content (AvgIpc) is 2.76. The largest absolute Gasteiger partial charge is 0.399 e. The van der Waals surface area contributed by atoms with Crippen LogP contribution in [0, 0.1) is 0 Å². The van der Waals surface area contributed by atoms with Crippen LogP contribution in [0.25, 0.3) is 5.57 Å². The van der Waals surface area contributed by atoms with E-state index in [1.165, 1.54) is 0 Å². The summed E-state index contributed by atoms with van der Waals surface area (Å²) in [5.74, 6) is -0.145. The standard InChI is InChI=1S/C16H13ClN2O/c17-12-8-6-11(7-9-12)15-14(18)13(16(20)19-15)10-4-2-1-3-5-10/h1-9,15H,18H2,(H,19,20). The van der Waals surface area contributed by atoms with Gasteiger partial charge in [-0.05, 0) is 23.3 Å². The predicted octanol–water partition coefficient (Wildman–Crippen LogP) is 2.88. The van der Waals surface area contributed by atoms with Gasteiger partial charge in [0.2, 0.25) is 0 Å². The fraction of sp³-hybridized carbons (Fsp3) is 0.0625. The summed E-state index contributed by atoms with van der Waals surface area (Å²) in [6.07, 6.45) is 0. The first-order chi connectivity index (χ1) is 9.66. The number of hydrogen-bond donors (Lipinski definition) is 2. The zero-order valence-electron chi connectivity index (χ0n) is 10.6. The molecule has 0 saturated heterocycles. The van der Waals surface area contributed by atoms with E-state index in [1.807, 2.05) is 42.5 Å². The van der Waals surface area contributed by atoms with Crippen LogP contribution < -0.4 is 11.1 Å². The Balaban J connectivity index is 2.03. The Bertz CT molecular complexity index is 677. The van der Waals surface area contributed by atoms with Crippen LogP contribution in [0.2, 0.25) is 5.02 Å². The molecule has 2 aromatic carbocycles. The first kappa shape index (κ1) is 12.8. The van der Waals surface area contributed by atoms with Gasteiger partial charge in [0.25, 0.3) is 5.91 Å². The van der Waals surface area contributed by atoms with Crippen molar-refractivity contribution < 1.29 is 4.79 Å². The topological polar surface area (TPSA) is 55.1 Å². The van der Waals surface area contributed by atoms with Gasteiger partial charge < -0.3 is 11.1 Å². The summed E-state index contributed by atoms with van der Waals surface area (Å²) in [4.78, 5) is 12.2. The smallest absolute Gasteiger partial charge is 0.254 e. The van der Waals surface area contributed by atoms with Crippen molar-refractivity contribution >= 4 is 23.1 Å². The summed E-state index contributed by atoms with van der Waals surface area (Å²) in [6.45, 7) is 0. The van der Waals surface area contributed by atoms with Crippen LogP contribution >= 0.6 is 11.6 Å². The van der Waals surface area contributed by atoms with Crippen LogP contribution in [0.3, 0.4) is 0 Å². The molecule has 1 atom stereocenters. The van der Waals surface area contributed by atoms with Crippen molar-refractivity contribution in [3.05, 3.63) is 76.4 Å². The number of benzene rings is 2. The molecule has 0 radical (unpaired) electrons. The molecular formula is C16H13ClN2O. The van der Waals surface area contributed by atoms with Gasteiger partial charge in [0.1, 0.15) is 0 Å². The zero-order chi connectivity index (χ0) is 14.1. The van der Waals surface area contributed by atoms with Crippen molar-refractivity contribution in [3.63, 3.8) is 0 Å². The van der Waals surface area contributed by atoms with Gasteiger partial charge in [-0.15, -0.1) is 0 Å². The molecule has 100 valence electrons. The van der Waals surface area contributed by atoms with Crippen LogP contribution in [0.15, 0.2) is 60.3 Å². The Hall–Kier alpha value is -2.26. The van der Waals surface area contributed by atoms with Crippen molar-refractivity contribution in [2.24, 2.45) is 5.73 Å². The van der Waals surface area contributed by atoms with Crippen molar-refractivity contribution in [1.82, 2.24) is 5.32 Å². The van der Waals surface area contributed by atoms with Gasteiger partial charge in [-0.25, -0.2) is 0 Å². The van der Waals surface area contributed by atoms with E-state index >= 15 is 0 Å². The molecule has 1 aliphatic rings. The van der Waals surface area contributed by atoms with E-state index in [2.05, 4.69) is 5.32 Å². The summed E-state index contributed by atoms with van der Waals surface area (Å²) in [5, 5.41) is 3.56. The maximum absolute atomic E-state index is 12.2. The number of halogens is 1.